The summed E-state index contributed by atoms with van der Waals surface area (Å²) in [5, 5.41) is 7.71. The Morgan fingerprint density at radius 3 is 2.21 bits per heavy atom. The van der Waals surface area contributed by atoms with E-state index in [1.165, 1.54) is 0 Å². The molecule has 0 aliphatic carbocycles. The highest BCUT2D eigenvalue weighted by Crippen LogP contribution is 2.32. The molecule has 0 bridgehead atoms. The summed E-state index contributed by atoms with van der Waals surface area (Å²) in [5.41, 5.74) is 3.70. The van der Waals surface area contributed by atoms with Gasteiger partial charge >= 0.3 is 0 Å². The fourth-order valence-electron chi connectivity index (χ4n) is 3.55. The van der Waals surface area contributed by atoms with Gasteiger partial charge in [-0.25, -0.2) is 4.68 Å². The highest BCUT2D eigenvalue weighted by molar-refractivity contribution is 5.76. The minimum atomic E-state index is -0.0129. The number of benzene rings is 3. The number of amides is 1. The molecular formula is C27H27N3O3. The van der Waals surface area contributed by atoms with Crippen LogP contribution in [0.5, 0.6) is 17.4 Å². The monoisotopic (exact) mass is 441 g/mol. The third-order valence-electron chi connectivity index (χ3n) is 5.35. The van der Waals surface area contributed by atoms with Gasteiger partial charge in [-0.15, -0.1) is 0 Å². The van der Waals surface area contributed by atoms with Gasteiger partial charge in [-0.2, -0.15) is 5.10 Å². The first-order chi connectivity index (χ1) is 16.1. The fourth-order valence-corrected chi connectivity index (χ4v) is 3.55. The number of ether oxygens (including phenoxy) is 2. The van der Waals surface area contributed by atoms with Crippen LogP contribution in [0.1, 0.15) is 23.2 Å². The van der Waals surface area contributed by atoms with Gasteiger partial charge in [-0.05, 0) is 55.3 Å². The minimum absolute atomic E-state index is 0.0129. The normalized spacial score (nSPS) is 10.6. The van der Waals surface area contributed by atoms with Crippen molar-refractivity contribution in [3.8, 4) is 23.1 Å². The Balaban J connectivity index is 1.54. The molecule has 0 spiro atoms. The molecule has 0 fully saturated rings. The van der Waals surface area contributed by atoms with Gasteiger partial charge in [0.25, 0.3) is 0 Å². The van der Waals surface area contributed by atoms with E-state index < -0.39 is 0 Å². The summed E-state index contributed by atoms with van der Waals surface area (Å²) in [6, 6.07) is 27.1. The molecule has 0 saturated carbocycles. The van der Waals surface area contributed by atoms with Crippen molar-refractivity contribution in [2.45, 2.75) is 26.3 Å². The van der Waals surface area contributed by atoms with Crippen LogP contribution in [-0.4, -0.2) is 22.8 Å². The van der Waals surface area contributed by atoms with Crippen molar-refractivity contribution >= 4 is 5.91 Å². The number of hydrogen-bond donors (Lipinski definition) is 1. The van der Waals surface area contributed by atoms with Crippen molar-refractivity contribution in [3.05, 3.63) is 102 Å². The molecule has 1 N–H and O–H groups in total. The summed E-state index contributed by atoms with van der Waals surface area (Å²) in [5.74, 6) is 2.02. The van der Waals surface area contributed by atoms with Crippen LogP contribution in [0.4, 0.5) is 0 Å². The predicted molar refractivity (Wildman–Crippen MR) is 128 cm³/mol. The van der Waals surface area contributed by atoms with E-state index >= 15 is 0 Å². The van der Waals surface area contributed by atoms with Crippen LogP contribution in [-0.2, 0) is 17.8 Å². The number of para-hydroxylation sites is 1. The molecule has 3 aromatic carbocycles. The van der Waals surface area contributed by atoms with E-state index in [9.17, 15) is 4.79 Å². The largest absolute Gasteiger partial charge is 0.497 e. The maximum Gasteiger partial charge on any atom is 0.226 e. The number of aryl methyl sites for hydroxylation is 1. The number of nitrogens with one attached hydrogen (secondary N) is 1. The quantitative estimate of drug-likeness (QED) is 0.386. The van der Waals surface area contributed by atoms with E-state index in [2.05, 4.69) is 5.32 Å². The Morgan fingerprint density at radius 1 is 0.909 bits per heavy atom. The lowest BCUT2D eigenvalue weighted by atomic mass is 10.1. The highest BCUT2D eigenvalue weighted by Gasteiger charge is 2.20. The zero-order valence-electron chi connectivity index (χ0n) is 18.8. The first-order valence-corrected chi connectivity index (χ1v) is 10.9. The van der Waals surface area contributed by atoms with Crippen molar-refractivity contribution in [3.63, 3.8) is 0 Å². The Kier molecular flexibility index (Phi) is 7.05. The molecule has 0 radical (unpaired) electrons. The molecule has 6 heteroatoms. The smallest absolute Gasteiger partial charge is 0.226 e. The lowest BCUT2D eigenvalue weighted by molar-refractivity contribution is -0.121. The Bertz CT molecular complexity index is 1190. The van der Waals surface area contributed by atoms with Crippen molar-refractivity contribution in [2.75, 3.05) is 7.11 Å². The van der Waals surface area contributed by atoms with Crippen molar-refractivity contribution < 1.29 is 14.3 Å². The highest BCUT2D eigenvalue weighted by atomic mass is 16.5. The second kappa shape index (κ2) is 10.5. The Labute approximate surface area is 193 Å². The molecule has 1 heterocycles. The van der Waals surface area contributed by atoms with Crippen LogP contribution in [0.15, 0.2) is 84.9 Å². The molecule has 0 aliphatic rings. The predicted octanol–water partition coefficient (Wildman–Crippen LogP) is 5.23. The number of rotatable bonds is 9. The summed E-state index contributed by atoms with van der Waals surface area (Å²) < 4.78 is 13.3. The first-order valence-electron chi connectivity index (χ1n) is 10.9. The van der Waals surface area contributed by atoms with Gasteiger partial charge in [0.05, 0.1) is 18.5 Å². The first kappa shape index (κ1) is 22.1. The number of aromatic nitrogens is 2. The van der Waals surface area contributed by atoms with Crippen molar-refractivity contribution in [1.82, 2.24) is 15.1 Å². The van der Waals surface area contributed by atoms with Gasteiger partial charge in [0, 0.05) is 18.5 Å². The molecule has 4 rings (SSSR count). The van der Waals surface area contributed by atoms with Gasteiger partial charge in [-0.1, -0.05) is 48.5 Å². The van der Waals surface area contributed by atoms with Crippen molar-refractivity contribution in [2.24, 2.45) is 0 Å². The van der Waals surface area contributed by atoms with Gasteiger partial charge in [0.15, 0.2) is 0 Å². The molecular weight excluding hydrogens is 414 g/mol. The van der Waals surface area contributed by atoms with E-state index in [4.69, 9.17) is 14.6 Å². The lowest BCUT2D eigenvalue weighted by Gasteiger charge is -2.12. The lowest BCUT2D eigenvalue weighted by Crippen LogP contribution is -2.23. The van der Waals surface area contributed by atoms with E-state index in [0.29, 0.717) is 31.0 Å². The number of carbonyl (C=O) groups is 1. The summed E-state index contributed by atoms with van der Waals surface area (Å²) in [4.78, 5) is 12.5. The van der Waals surface area contributed by atoms with Gasteiger partial charge < -0.3 is 14.8 Å². The number of nitrogens with zero attached hydrogens (tertiary/aromatic N) is 2. The number of hydrogen-bond acceptors (Lipinski definition) is 4. The fraction of sp³-hybridized carbons (Fsp3) is 0.185. The van der Waals surface area contributed by atoms with Crippen LogP contribution in [0.25, 0.3) is 5.69 Å². The van der Waals surface area contributed by atoms with Crippen LogP contribution in [0.3, 0.4) is 0 Å². The Hall–Kier alpha value is -4.06. The zero-order chi connectivity index (χ0) is 23.0. The van der Waals surface area contributed by atoms with E-state index in [1.54, 1.807) is 11.8 Å². The second-order valence-electron chi connectivity index (χ2n) is 7.66. The third kappa shape index (κ3) is 5.60. The standard InChI is InChI=1S/C27H27N3O3/c1-20-25(17-18-26(31)28-19-21-9-5-3-6-10-21)27(30(29-20)22-11-7-4-8-12-22)33-24-15-13-23(32-2)14-16-24/h3-16H,17-19H2,1-2H3,(H,28,31). The molecule has 1 aromatic heterocycles. The molecule has 0 aliphatic heterocycles. The molecule has 33 heavy (non-hydrogen) atoms. The van der Waals surface area contributed by atoms with Gasteiger partial charge in [-0.3, -0.25) is 4.79 Å². The maximum absolute atomic E-state index is 12.5. The van der Waals surface area contributed by atoms with Gasteiger partial charge in [0.2, 0.25) is 11.8 Å². The Morgan fingerprint density at radius 2 is 1.55 bits per heavy atom. The molecule has 1 amide bonds. The molecule has 168 valence electrons. The molecule has 0 atom stereocenters. The second-order valence-corrected chi connectivity index (χ2v) is 7.66. The summed E-state index contributed by atoms with van der Waals surface area (Å²) in [7, 11) is 1.63. The SMILES string of the molecule is COc1ccc(Oc2c(CCC(=O)NCc3ccccc3)c(C)nn2-c2ccccc2)cc1. The van der Waals surface area contributed by atoms with E-state index in [0.717, 1.165) is 28.3 Å². The van der Waals surface area contributed by atoms with Crippen LogP contribution < -0.4 is 14.8 Å². The van der Waals surface area contributed by atoms with Gasteiger partial charge in [0.1, 0.15) is 11.5 Å². The molecule has 6 nitrogen and oxygen atoms in total. The summed E-state index contributed by atoms with van der Waals surface area (Å²) in [6.07, 6.45) is 0.859. The topological polar surface area (TPSA) is 65.4 Å². The number of methoxy groups -OCH3 is 1. The van der Waals surface area contributed by atoms with Crippen molar-refractivity contribution in [1.29, 1.82) is 0 Å². The average molecular weight is 442 g/mol. The van der Waals surface area contributed by atoms with Crippen LogP contribution >= 0.6 is 0 Å². The summed E-state index contributed by atoms with van der Waals surface area (Å²) in [6.45, 7) is 2.45. The minimum Gasteiger partial charge on any atom is -0.497 e. The summed E-state index contributed by atoms with van der Waals surface area (Å²) >= 11 is 0. The van der Waals surface area contributed by atoms with E-state index in [-0.39, 0.29) is 5.91 Å². The zero-order valence-corrected chi connectivity index (χ0v) is 18.8. The number of carbonyl (C=O) groups excluding carboxylic acids is 1. The third-order valence-corrected chi connectivity index (χ3v) is 5.35. The van der Waals surface area contributed by atoms with Crippen LogP contribution in [0, 0.1) is 6.92 Å². The van der Waals surface area contributed by atoms with E-state index in [1.807, 2.05) is 91.9 Å². The molecule has 4 aromatic rings. The maximum atomic E-state index is 12.5. The molecule has 0 saturated heterocycles. The molecule has 0 unspecified atom stereocenters. The van der Waals surface area contributed by atoms with Crippen LogP contribution in [0.2, 0.25) is 0 Å². The average Bonchev–Trinajstić information content (AvgIpc) is 3.17.